The number of hydrogen-bond donors (Lipinski definition) is 1. The second-order valence-corrected chi connectivity index (χ2v) is 5.46. The highest BCUT2D eigenvalue weighted by molar-refractivity contribution is 5.24. The maximum absolute atomic E-state index is 14.2. The van der Waals surface area contributed by atoms with Gasteiger partial charge in [-0.2, -0.15) is 0 Å². The summed E-state index contributed by atoms with van der Waals surface area (Å²) < 4.78 is 19.5. The molecule has 2 rings (SSSR count). The molecular formula is C17H23FN2O. The predicted octanol–water partition coefficient (Wildman–Crippen LogP) is 3.64. The zero-order valence-electron chi connectivity index (χ0n) is 12.8. The van der Waals surface area contributed by atoms with Gasteiger partial charge in [-0.05, 0) is 32.5 Å². The fourth-order valence-corrected chi connectivity index (χ4v) is 2.68. The number of nitrogens with two attached hydrogens (primary N) is 1. The first-order chi connectivity index (χ1) is 10.0. The van der Waals surface area contributed by atoms with Gasteiger partial charge in [0.25, 0.3) is 0 Å². The number of nitrogens with zero attached hydrogens (tertiary/aromatic N) is 1. The van der Waals surface area contributed by atoms with Crippen LogP contribution >= 0.6 is 0 Å². The Labute approximate surface area is 125 Å². The number of hydrogen-bond acceptors (Lipinski definition) is 3. The number of rotatable bonds is 6. The van der Waals surface area contributed by atoms with Gasteiger partial charge in [0.05, 0.1) is 12.3 Å². The summed E-state index contributed by atoms with van der Waals surface area (Å²) in [6.07, 6.45) is 2.46. The summed E-state index contributed by atoms with van der Waals surface area (Å²) in [5.74, 6) is 0.682. The summed E-state index contributed by atoms with van der Waals surface area (Å²) >= 11 is 0. The molecule has 0 fully saturated rings. The molecule has 0 saturated carbocycles. The average molecular weight is 290 g/mol. The van der Waals surface area contributed by atoms with Gasteiger partial charge in [-0.3, -0.25) is 4.90 Å². The largest absolute Gasteiger partial charge is 0.469 e. The number of halogens is 1. The molecule has 0 aliphatic carbocycles. The highest BCUT2D eigenvalue weighted by Crippen LogP contribution is 2.28. The van der Waals surface area contributed by atoms with E-state index in [9.17, 15) is 4.39 Å². The van der Waals surface area contributed by atoms with Crippen molar-refractivity contribution in [2.75, 3.05) is 7.05 Å². The second-order valence-electron chi connectivity index (χ2n) is 5.46. The fraction of sp³-hybridized carbons (Fsp3) is 0.412. The second kappa shape index (κ2) is 6.87. The Morgan fingerprint density at radius 1 is 1.29 bits per heavy atom. The molecule has 0 spiro atoms. The molecule has 3 nitrogen and oxygen atoms in total. The third kappa shape index (κ3) is 3.52. The Balaban J connectivity index is 2.28. The highest BCUT2D eigenvalue weighted by atomic mass is 19.1. The number of furan rings is 1. The summed E-state index contributed by atoms with van der Waals surface area (Å²) in [7, 11) is 1.97. The van der Waals surface area contributed by atoms with Crippen LogP contribution < -0.4 is 5.73 Å². The minimum atomic E-state index is -0.206. The van der Waals surface area contributed by atoms with Crippen LogP contribution in [0.1, 0.15) is 36.3 Å². The highest BCUT2D eigenvalue weighted by Gasteiger charge is 2.26. The third-order valence-electron chi connectivity index (χ3n) is 3.96. The lowest BCUT2D eigenvalue weighted by Crippen LogP contribution is -2.39. The van der Waals surface area contributed by atoms with Crippen LogP contribution in [0.3, 0.4) is 0 Å². The van der Waals surface area contributed by atoms with Gasteiger partial charge in [0.2, 0.25) is 0 Å². The van der Waals surface area contributed by atoms with E-state index < -0.39 is 0 Å². The standard InChI is InChI=1S/C17H23FN2O/c1-4-16(19)17(14-7-5-6-8-15(14)18)20(3)11-13-9-10-21-12(13)2/h5-10,16-17H,4,11,19H2,1-3H3. The van der Waals surface area contributed by atoms with Crippen molar-refractivity contribution in [2.24, 2.45) is 5.73 Å². The van der Waals surface area contributed by atoms with Crippen LogP contribution in [-0.4, -0.2) is 18.0 Å². The maximum Gasteiger partial charge on any atom is 0.128 e. The van der Waals surface area contributed by atoms with E-state index >= 15 is 0 Å². The molecule has 0 bridgehead atoms. The Bertz CT molecular complexity index is 582. The van der Waals surface area contributed by atoms with Gasteiger partial charge in [-0.25, -0.2) is 4.39 Å². The molecule has 21 heavy (non-hydrogen) atoms. The Morgan fingerprint density at radius 2 is 2.00 bits per heavy atom. The monoisotopic (exact) mass is 290 g/mol. The fourth-order valence-electron chi connectivity index (χ4n) is 2.68. The predicted molar refractivity (Wildman–Crippen MR) is 82.3 cm³/mol. The topological polar surface area (TPSA) is 42.4 Å². The maximum atomic E-state index is 14.2. The van der Waals surface area contributed by atoms with Gasteiger partial charge >= 0.3 is 0 Å². The van der Waals surface area contributed by atoms with E-state index in [1.807, 2.05) is 39.1 Å². The number of aryl methyl sites for hydroxylation is 1. The van der Waals surface area contributed by atoms with Crippen LogP contribution in [0.2, 0.25) is 0 Å². The molecule has 0 saturated heterocycles. The molecule has 1 aromatic carbocycles. The molecule has 0 amide bonds. The summed E-state index contributed by atoms with van der Waals surface area (Å²) in [4.78, 5) is 2.09. The van der Waals surface area contributed by atoms with Gasteiger partial charge < -0.3 is 10.2 Å². The third-order valence-corrected chi connectivity index (χ3v) is 3.96. The molecule has 2 aromatic rings. The quantitative estimate of drug-likeness (QED) is 0.883. The van der Waals surface area contributed by atoms with Crippen molar-refractivity contribution in [3.8, 4) is 0 Å². The van der Waals surface area contributed by atoms with Crippen LogP contribution in [0.4, 0.5) is 4.39 Å². The lowest BCUT2D eigenvalue weighted by molar-refractivity contribution is 0.196. The molecule has 0 aliphatic rings. The molecule has 4 heteroatoms. The minimum absolute atomic E-state index is 0.126. The van der Waals surface area contributed by atoms with Crippen LogP contribution in [-0.2, 0) is 6.54 Å². The van der Waals surface area contributed by atoms with Gasteiger partial charge in [0.1, 0.15) is 11.6 Å². The molecular weight excluding hydrogens is 267 g/mol. The molecule has 2 atom stereocenters. The normalized spacial score (nSPS) is 14.4. The van der Waals surface area contributed by atoms with Gasteiger partial charge in [0, 0.05) is 23.7 Å². The first kappa shape index (κ1) is 15.7. The summed E-state index contributed by atoms with van der Waals surface area (Å²) in [5.41, 5.74) is 8.00. The molecule has 0 radical (unpaired) electrons. The molecule has 1 heterocycles. The van der Waals surface area contributed by atoms with Crippen molar-refractivity contribution < 1.29 is 8.81 Å². The average Bonchev–Trinajstić information content (AvgIpc) is 2.86. The van der Waals surface area contributed by atoms with E-state index in [1.54, 1.807) is 12.3 Å². The summed E-state index contributed by atoms with van der Waals surface area (Å²) in [5, 5.41) is 0. The SMILES string of the molecule is CCC(N)C(c1ccccc1F)N(C)Cc1ccoc1C. The lowest BCUT2D eigenvalue weighted by Gasteiger charge is -2.33. The van der Waals surface area contributed by atoms with Gasteiger partial charge in [0.15, 0.2) is 0 Å². The van der Waals surface area contributed by atoms with E-state index in [4.69, 9.17) is 10.2 Å². The van der Waals surface area contributed by atoms with Crippen molar-refractivity contribution in [3.63, 3.8) is 0 Å². The molecule has 114 valence electrons. The molecule has 2 unspecified atom stereocenters. The van der Waals surface area contributed by atoms with Crippen LogP contribution in [0.15, 0.2) is 41.0 Å². The van der Waals surface area contributed by atoms with Crippen molar-refractivity contribution in [2.45, 2.75) is 38.9 Å². The van der Waals surface area contributed by atoms with E-state index in [0.29, 0.717) is 12.1 Å². The number of likely N-dealkylation sites (N-methyl/N-ethyl adjacent to an activating group) is 1. The zero-order valence-corrected chi connectivity index (χ0v) is 12.8. The van der Waals surface area contributed by atoms with Crippen LogP contribution in [0.5, 0.6) is 0 Å². The lowest BCUT2D eigenvalue weighted by atomic mass is 9.95. The van der Waals surface area contributed by atoms with E-state index in [-0.39, 0.29) is 17.9 Å². The van der Waals surface area contributed by atoms with E-state index in [1.165, 1.54) is 6.07 Å². The molecule has 0 aliphatic heterocycles. The first-order valence-electron chi connectivity index (χ1n) is 7.27. The van der Waals surface area contributed by atoms with Crippen molar-refractivity contribution in [1.82, 2.24) is 4.90 Å². The molecule has 1 aromatic heterocycles. The first-order valence-corrected chi connectivity index (χ1v) is 7.27. The van der Waals surface area contributed by atoms with Crippen molar-refractivity contribution in [1.29, 1.82) is 0 Å². The van der Waals surface area contributed by atoms with Crippen LogP contribution in [0, 0.1) is 12.7 Å². The summed E-state index contributed by atoms with van der Waals surface area (Å²) in [6.45, 7) is 4.63. The summed E-state index contributed by atoms with van der Waals surface area (Å²) in [6, 6.07) is 8.51. The van der Waals surface area contributed by atoms with Gasteiger partial charge in [-0.1, -0.05) is 25.1 Å². The Kier molecular flexibility index (Phi) is 5.15. The smallest absolute Gasteiger partial charge is 0.128 e. The van der Waals surface area contributed by atoms with Crippen LogP contribution in [0.25, 0.3) is 0 Å². The number of benzene rings is 1. The Morgan fingerprint density at radius 3 is 2.57 bits per heavy atom. The Hall–Kier alpha value is -1.65. The van der Waals surface area contributed by atoms with Crippen molar-refractivity contribution >= 4 is 0 Å². The zero-order chi connectivity index (χ0) is 15.4. The van der Waals surface area contributed by atoms with Crippen molar-refractivity contribution in [3.05, 3.63) is 59.3 Å². The van der Waals surface area contributed by atoms with E-state index in [2.05, 4.69) is 4.90 Å². The molecule has 2 N–H and O–H groups in total. The van der Waals surface area contributed by atoms with Gasteiger partial charge in [-0.15, -0.1) is 0 Å². The minimum Gasteiger partial charge on any atom is -0.469 e. The van der Waals surface area contributed by atoms with E-state index in [0.717, 1.165) is 17.7 Å².